The average molecular weight is 264 g/mol. The van der Waals surface area contributed by atoms with Crippen molar-refractivity contribution in [2.24, 2.45) is 23.2 Å². The van der Waals surface area contributed by atoms with E-state index in [1.54, 1.807) is 0 Å². The maximum absolute atomic E-state index is 12.4. The van der Waals surface area contributed by atoms with Crippen molar-refractivity contribution in [1.82, 2.24) is 10.2 Å². The summed E-state index contributed by atoms with van der Waals surface area (Å²) in [6.45, 7) is 1.73. The molecule has 3 nitrogen and oxygen atoms in total. The van der Waals surface area contributed by atoms with Gasteiger partial charge in [-0.25, -0.2) is 0 Å². The Balaban J connectivity index is 1.61. The summed E-state index contributed by atoms with van der Waals surface area (Å²) in [6, 6.07) is 0. The smallest absolute Gasteiger partial charge is 0.222 e. The monoisotopic (exact) mass is 264 g/mol. The Kier molecular flexibility index (Phi) is 3.59. The van der Waals surface area contributed by atoms with E-state index >= 15 is 0 Å². The summed E-state index contributed by atoms with van der Waals surface area (Å²) >= 11 is 0. The fourth-order valence-corrected chi connectivity index (χ4v) is 5.37. The highest BCUT2D eigenvalue weighted by atomic mass is 16.2. The van der Waals surface area contributed by atoms with Crippen molar-refractivity contribution in [2.75, 3.05) is 27.2 Å². The Morgan fingerprint density at radius 1 is 1.16 bits per heavy atom. The molecule has 4 saturated carbocycles. The second-order valence-corrected chi connectivity index (χ2v) is 7.51. The summed E-state index contributed by atoms with van der Waals surface area (Å²) in [4.78, 5) is 14.4. The van der Waals surface area contributed by atoms with Crippen LogP contribution in [-0.2, 0) is 4.79 Å². The maximum atomic E-state index is 12.4. The van der Waals surface area contributed by atoms with Gasteiger partial charge in [0, 0.05) is 26.6 Å². The topological polar surface area (TPSA) is 32.3 Å². The third kappa shape index (κ3) is 2.67. The summed E-state index contributed by atoms with van der Waals surface area (Å²) < 4.78 is 0. The largest absolute Gasteiger partial charge is 0.344 e. The zero-order valence-corrected chi connectivity index (χ0v) is 12.5. The molecule has 3 heteroatoms. The van der Waals surface area contributed by atoms with E-state index in [1.165, 1.54) is 38.5 Å². The summed E-state index contributed by atoms with van der Waals surface area (Å²) in [5.74, 6) is 3.21. The SMILES string of the molecule is CNCCN(C)C(=O)CC12CC3CC(CC(C3)C1)C2. The van der Waals surface area contributed by atoms with Gasteiger partial charge in [-0.05, 0) is 68.7 Å². The van der Waals surface area contributed by atoms with Gasteiger partial charge in [-0.2, -0.15) is 0 Å². The molecule has 0 aromatic rings. The molecule has 1 amide bonds. The van der Waals surface area contributed by atoms with Crippen LogP contribution < -0.4 is 5.32 Å². The van der Waals surface area contributed by atoms with E-state index in [4.69, 9.17) is 0 Å². The van der Waals surface area contributed by atoms with Gasteiger partial charge in [0.15, 0.2) is 0 Å². The summed E-state index contributed by atoms with van der Waals surface area (Å²) in [6.07, 6.45) is 9.21. The summed E-state index contributed by atoms with van der Waals surface area (Å²) in [5.41, 5.74) is 0.389. The van der Waals surface area contributed by atoms with E-state index in [9.17, 15) is 4.79 Å². The quantitative estimate of drug-likeness (QED) is 0.826. The van der Waals surface area contributed by atoms with Crippen LogP contribution in [0.2, 0.25) is 0 Å². The van der Waals surface area contributed by atoms with Crippen LogP contribution >= 0.6 is 0 Å². The molecule has 0 atom stereocenters. The van der Waals surface area contributed by atoms with Crippen molar-refractivity contribution in [3.63, 3.8) is 0 Å². The maximum Gasteiger partial charge on any atom is 0.222 e. The molecule has 0 unspecified atom stereocenters. The van der Waals surface area contributed by atoms with Crippen LogP contribution in [0, 0.1) is 23.2 Å². The number of hydrogen-bond donors (Lipinski definition) is 1. The van der Waals surface area contributed by atoms with E-state index in [0.717, 1.165) is 37.3 Å². The van der Waals surface area contributed by atoms with Crippen molar-refractivity contribution >= 4 is 5.91 Å². The second kappa shape index (κ2) is 5.08. The van der Waals surface area contributed by atoms with Gasteiger partial charge >= 0.3 is 0 Å². The van der Waals surface area contributed by atoms with E-state index in [2.05, 4.69) is 5.32 Å². The molecule has 0 radical (unpaired) electrons. The van der Waals surface area contributed by atoms with Crippen LogP contribution in [0.4, 0.5) is 0 Å². The molecule has 4 bridgehead atoms. The van der Waals surface area contributed by atoms with E-state index < -0.39 is 0 Å². The number of hydrogen-bond acceptors (Lipinski definition) is 2. The Morgan fingerprint density at radius 2 is 1.68 bits per heavy atom. The molecule has 0 aromatic heterocycles. The Hall–Kier alpha value is -0.570. The van der Waals surface area contributed by atoms with Gasteiger partial charge in [-0.1, -0.05) is 0 Å². The molecule has 0 aromatic carbocycles. The fraction of sp³-hybridized carbons (Fsp3) is 0.938. The number of carbonyl (C=O) groups is 1. The molecule has 1 N–H and O–H groups in total. The lowest BCUT2D eigenvalue weighted by molar-refractivity contribution is -0.138. The van der Waals surface area contributed by atoms with Crippen LogP contribution in [0.5, 0.6) is 0 Å². The normalized spacial score (nSPS) is 39.6. The molecule has 4 aliphatic carbocycles. The predicted octanol–water partition coefficient (Wildman–Crippen LogP) is 2.27. The molecule has 4 fully saturated rings. The lowest BCUT2D eigenvalue weighted by Gasteiger charge is -2.56. The van der Waals surface area contributed by atoms with Gasteiger partial charge in [0.25, 0.3) is 0 Å². The number of nitrogens with zero attached hydrogens (tertiary/aromatic N) is 1. The molecule has 0 spiro atoms. The molecule has 19 heavy (non-hydrogen) atoms. The highest BCUT2D eigenvalue weighted by Crippen LogP contribution is 2.61. The van der Waals surface area contributed by atoms with E-state index in [0.29, 0.717) is 11.3 Å². The van der Waals surface area contributed by atoms with Crippen molar-refractivity contribution in [2.45, 2.75) is 44.9 Å². The number of amides is 1. The minimum Gasteiger partial charge on any atom is -0.344 e. The molecule has 4 aliphatic rings. The van der Waals surface area contributed by atoms with Crippen molar-refractivity contribution < 1.29 is 4.79 Å². The van der Waals surface area contributed by atoms with Crippen LogP contribution in [0.1, 0.15) is 44.9 Å². The zero-order chi connectivity index (χ0) is 13.5. The van der Waals surface area contributed by atoms with Crippen molar-refractivity contribution in [1.29, 1.82) is 0 Å². The van der Waals surface area contributed by atoms with Crippen molar-refractivity contribution in [3.05, 3.63) is 0 Å². The zero-order valence-electron chi connectivity index (χ0n) is 12.5. The highest BCUT2D eigenvalue weighted by molar-refractivity contribution is 5.76. The number of carbonyl (C=O) groups excluding carboxylic acids is 1. The number of likely N-dealkylation sites (N-methyl/N-ethyl adjacent to an activating group) is 2. The lowest BCUT2D eigenvalue weighted by Crippen LogP contribution is -2.48. The molecule has 0 heterocycles. The minimum atomic E-state index is 0.372. The first-order valence-corrected chi connectivity index (χ1v) is 7.99. The third-order valence-electron chi connectivity index (χ3n) is 5.81. The van der Waals surface area contributed by atoms with Crippen LogP contribution in [0.15, 0.2) is 0 Å². The first kappa shape index (κ1) is 13.4. The molecule has 0 aliphatic heterocycles. The van der Waals surface area contributed by atoms with Gasteiger partial charge in [0.2, 0.25) is 5.91 Å². The van der Waals surface area contributed by atoms with Crippen molar-refractivity contribution in [3.8, 4) is 0 Å². The van der Waals surface area contributed by atoms with Gasteiger partial charge in [-0.15, -0.1) is 0 Å². The average Bonchev–Trinajstić information content (AvgIpc) is 2.33. The summed E-state index contributed by atoms with van der Waals surface area (Å²) in [7, 11) is 3.90. The first-order valence-electron chi connectivity index (χ1n) is 7.99. The second-order valence-electron chi connectivity index (χ2n) is 7.51. The molecular formula is C16H28N2O. The van der Waals surface area contributed by atoms with Gasteiger partial charge in [0.1, 0.15) is 0 Å². The number of rotatable bonds is 5. The van der Waals surface area contributed by atoms with Crippen LogP contribution in [0.25, 0.3) is 0 Å². The minimum absolute atomic E-state index is 0.372. The first-order chi connectivity index (χ1) is 9.10. The van der Waals surface area contributed by atoms with Gasteiger partial charge < -0.3 is 10.2 Å². The van der Waals surface area contributed by atoms with E-state index in [1.807, 2.05) is 19.0 Å². The van der Waals surface area contributed by atoms with Gasteiger partial charge in [-0.3, -0.25) is 4.79 Å². The molecule has 108 valence electrons. The van der Waals surface area contributed by atoms with Crippen LogP contribution in [0.3, 0.4) is 0 Å². The number of nitrogens with one attached hydrogen (secondary N) is 1. The fourth-order valence-electron chi connectivity index (χ4n) is 5.37. The molecule has 4 rings (SSSR count). The third-order valence-corrected chi connectivity index (χ3v) is 5.81. The Labute approximate surface area is 117 Å². The summed E-state index contributed by atoms with van der Waals surface area (Å²) in [5, 5.41) is 3.12. The van der Waals surface area contributed by atoms with Crippen LogP contribution in [-0.4, -0.2) is 38.0 Å². The van der Waals surface area contributed by atoms with E-state index in [-0.39, 0.29) is 0 Å². The Bertz CT molecular complexity index is 317. The lowest BCUT2D eigenvalue weighted by atomic mass is 9.49. The standard InChI is InChI=1S/C16H28N2O/c1-17-3-4-18(2)15(19)11-16-8-12-5-13(9-16)7-14(6-12)10-16/h12-14,17H,3-11H2,1-2H3. The highest BCUT2D eigenvalue weighted by Gasteiger charge is 2.51. The van der Waals surface area contributed by atoms with Gasteiger partial charge in [0.05, 0.1) is 0 Å². The predicted molar refractivity (Wildman–Crippen MR) is 76.8 cm³/mol. The molecular weight excluding hydrogens is 236 g/mol. The molecule has 0 saturated heterocycles. The Morgan fingerprint density at radius 3 is 2.16 bits per heavy atom.